The smallest absolute Gasteiger partial charge is 0.346 e. The van der Waals surface area contributed by atoms with Crippen molar-refractivity contribution >= 4 is 0 Å². The molecule has 1 aliphatic carbocycles. The normalized spacial score (nSPS) is 21.6. The van der Waals surface area contributed by atoms with E-state index >= 15 is 0 Å². The molecule has 6 rings (SSSR count). The predicted molar refractivity (Wildman–Crippen MR) is 114 cm³/mol. The third-order valence-corrected chi connectivity index (χ3v) is 6.43. The first kappa shape index (κ1) is 19.9. The van der Waals surface area contributed by atoms with Crippen LogP contribution in [0.15, 0.2) is 64.3 Å². The van der Waals surface area contributed by atoms with Crippen molar-refractivity contribution in [3.8, 4) is 17.0 Å². The minimum atomic E-state index is -0.646. The van der Waals surface area contributed by atoms with E-state index < -0.39 is 17.7 Å². The number of fused-ring (bicyclic) bond motifs is 1. The molecule has 0 saturated heterocycles. The van der Waals surface area contributed by atoms with E-state index in [-0.39, 0.29) is 17.8 Å². The molecule has 2 aromatic carbocycles. The lowest BCUT2D eigenvalue weighted by atomic mass is 9.89. The maximum absolute atomic E-state index is 13.7. The second-order valence-electron chi connectivity index (χ2n) is 8.53. The highest BCUT2D eigenvalue weighted by atomic mass is 19.1. The number of benzene rings is 2. The van der Waals surface area contributed by atoms with Crippen LogP contribution in [0.4, 0.5) is 8.78 Å². The van der Waals surface area contributed by atoms with Gasteiger partial charge in [0.25, 0.3) is 0 Å². The number of halogens is 2. The summed E-state index contributed by atoms with van der Waals surface area (Å²) in [5.41, 5.74) is 1.92. The Bertz CT molecular complexity index is 1340. The summed E-state index contributed by atoms with van der Waals surface area (Å²) in [5.74, 6) is 0.111. The fourth-order valence-electron chi connectivity index (χ4n) is 4.72. The Morgan fingerprint density at radius 1 is 1.06 bits per heavy atom. The molecular weight excluding hydrogens is 430 g/mol. The molecule has 1 saturated carbocycles. The Morgan fingerprint density at radius 3 is 2.52 bits per heavy atom. The van der Waals surface area contributed by atoms with Crippen LogP contribution in [0.1, 0.15) is 42.7 Å². The molecule has 1 aliphatic heterocycles. The molecule has 33 heavy (non-hydrogen) atoms. The van der Waals surface area contributed by atoms with Gasteiger partial charge in [0.05, 0.1) is 12.1 Å². The van der Waals surface area contributed by atoms with Gasteiger partial charge >= 0.3 is 5.69 Å². The van der Waals surface area contributed by atoms with Crippen LogP contribution in [-0.4, -0.2) is 25.4 Å². The number of oxazole rings is 1. The summed E-state index contributed by atoms with van der Waals surface area (Å²) in [4.78, 5) is 17.2. The van der Waals surface area contributed by atoms with Crippen molar-refractivity contribution < 1.29 is 17.9 Å². The molecule has 3 heterocycles. The first-order valence-electron chi connectivity index (χ1n) is 10.9. The molecule has 168 valence electrons. The van der Waals surface area contributed by atoms with Gasteiger partial charge in [-0.15, -0.1) is 0 Å². The van der Waals surface area contributed by atoms with E-state index in [2.05, 4.69) is 10.1 Å². The van der Waals surface area contributed by atoms with Crippen LogP contribution in [0.3, 0.4) is 0 Å². The van der Waals surface area contributed by atoms with E-state index in [1.54, 1.807) is 10.8 Å². The Kier molecular flexibility index (Phi) is 4.63. The number of aryl methyl sites for hydroxylation is 1. The van der Waals surface area contributed by atoms with Crippen LogP contribution in [0.2, 0.25) is 0 Å². The minimum absolute atomic E-state index is 0.00977. The maximum Gasteiger partial charge on any atom is 0.346 e. The third-order valence-electron chi connectivity index (χ3n) is 6.43. The average molecular weight is 450 g/mol. The van der Waals surface area contributed by atoms with E-state index in [1.165, 1.54) is 23.2 Å². The van der Waals surface area contributed by atoms with E-state index in [1.807, 2.05) is 24.3 Å². The van der Waals surface area contributed by atoms with Gasteiger partial charge in [0.2, 0.25) is 0 Å². The Balaban J connectivity index is 1.14. The summed E-state index contributed by atoms with van der Waals surface area (Å²) >= 11 is 0. The topological polar surface area (TPSA) is 75.1 Å². The molecule has 0 unspecified atom stereocenters. The molecule has 4 aromatic rings. The lowest BCUT2D eigenvalue weighted by molar-refractivity contribution is 0.0623. The van der Waals surface area contributed by atoms with Crippen LogP contribution in [0.25, 0.3) is 11.3 Å². The Labute approximate surface area is 187 Å². The van der Waals surface area contributed by atoms with Gasteiger partial charge in [0.1, 0.15) is 41.3 Å². The number of aromatic nitrogens is 4. The second-order valence-corrected chi connectivity index (χ2v) is 8.53. The largest absolute Gasteiger partial charge is 0.490 e. The van der Waals surface area contributed by atoms with Crippen LogP contribution in [0.5, 0.6) is 5.75 Å². The molecule has 7 nitrogen and oxygen atoms in total. The molecule has 0 bridgehead atoms. The highest BCUT2D eigenvalue weighted by Crippen LogP contribution is 2.36. The van der Waals surface area contributed by atoms with Gasteiger partial charge in [-0.1, -0.05) is 0 Å². The summed E-state index contributed by atoms with van der Waals surface area (Å²) in [7, 11) is 0. The first-order valence-corrected chi connectivity index (χ1v) is 10.9. The summed E-state index contributed by atoms with van der Waals surface area (Å²) in [6, 6.07) is 10.6. The SMILES string of the molecule is O=c1n2c(nn1[C@H]1C[C@H](Oc3ccc(-c4cocn4)cc3)C1)CC[C@H]2c1cc(F)cc(F)c1. The molecule has 0 radical (unpaired) electrons. The van der Waals surface area contributed by atoms with Crippen molar-refractivity contribution in [2.24, 2.45) is 0 Å². The lowest BCUT2D eigenvalue weighted by Crippen LogP contribution is -2.41. The number of nitrogens with zero attached hydrogens (tertiary/aromatic N) is 4. The third kappa shape index (κ3) is 3.53. The van der Waals surface area contributed by atoms with E-state index in [9.17, 15) is 13.6 Å². The zero-order chi connectivity index (χ0) is 22.5. The summed E-state index contributed by atoms with van der Waals surface area (Å²) in [6.45, 7) is 0. The molecule has 9 heteroatoms. The molecule has 2 aliphatic rings. The van der Waals surface area contributed by atoms with Gasteiger partial charge in [-0.2, -0.15) is 5.10 Å². The Hall–Kier alpha value is -3.75. The van der Waals surface area contributed by atoms with Gasteiger partial charge in [-0.25, -0.2) is 23.2 Å². The summed E-state index contributed by atoms with van der Waals surface area (Å²) in [6.07, 6.45) is 5.49. The summed E-state index contributed by atoms with van der Waals surface area (Å²) < 4.78 is 41.5. The van der Waals surface area contributed by atoms with Crippen molar-refractivity contribution in [2.45, 2.75) is 43.9 Å². The number of ether oxygens (including phenoxy) is 1. The van der Waals surface area contributed by atoms with Crippen molar-refractivity contribution in [1.82, 2.24) is 19.3 Å². The van der Waals surface area contributed by atoms with Gasteiger partial charge in [-0.3, -0.25) is 4.57 Å². The molecule has 0 spiro atoms. The molecule has 1 fully saturated rings. The highest BCUT2D eigenvalue weighted by molar-refractivity contribution is 5.58. The summed E-state index contributed by atoms with van der Waals surface area (Å²) in [5, 5.41) is 4.52. The minimum Gasteiger partial charge on any atom is -0.490 e. The van der Waals surface area contributed by atoms with Crippen LogP contribution < -0.4 is 10.4 Å². The highest BCUT2D eigenvalue weighted by Gasteiger charge is 2.37. The second kappa shape index (κ2) is 7.68. The molecular formula is C24H20F2N4O3. The van der Waals surface area contributed by atoms with Crippen LogP contribution in [-0.2, 0) is 6.42 Å². The quantitative estimate of drug-likeness (QED) is 0.453. The van der Waals surface area contributed by atoms with E-state index in [4.69, 9.17) is 9.15 Å². The fourth-order valence-corrected chi connectivity index (χ4v) is 4.72. The van der Waals surface area contributed by atoms with Gasteiger partial charge < -0.3 is 9.15 Å². The number of hydrogen-bond donors (Lipinski definition) is 0. The van der Waals surface area contributed by atoms with Gasteiger partial charge in [0, 0.05) is 30.9 Å². The van der Waals surface area contributed by atoms with E-state index in [0.717, 1.165) is 23.1 Å². The fraction of sp³-hybridized carbons (Fsp3) is 0.292. The number of hydrogen-bond acceptors (Lipinski definition) is 5. The van der Waals surface area contributed by atoms with Gasteiger partial charge in [0.15, 0.2) is 6.39 Å². The lowest BCUT2D eigenvalue weighted by Gasteiger charge is -2.34. The average Bonchev–Trinajstić information content (AvgIpc) is 3.49. The van der Waals surface area contributed by atoms with Crippen molar-refractivity contribution in [2.75, 3.05) is 0 Å². The number of rotatable bonds is 5. The van der Waals surface area contributed by atoms with E-state index in [0.29, 0.717) is 37.1 Å². The van der Waals surface area contributed by atoms with Crippen molar-refractivity contribution in [3.05, 3.63) is 88.6 Å². The monoisotopic (exact) mass is 450 g/mol. The van der Waals surface area contributed by atoms with Gasteiger partial charge in [-0.05, 0) is 48.4 Å². The molecule has 0 N–H and O–H groups in total. The predicted octanol–water partition coefficient (Wildman–Crippen LogP) is 4.30. The standard InChI is InChI=1S/C24H20F2N4O3/c25-16-7-15(8-17(26)9-16)22-5-6-23-28-30(24(31)29(22)23)18-10-20(11-18)33-19-3-1-14(2-4-19)21-12-32-13-27-21/h1-4,7-9,12-13,18,20,22H,5-6,10-11H2/t18-,20-,22-/m0/s1. The van der Waals surface area contributed by atoms with Crippen molar-refractivity contribution in [1.29, 1.82) is 0 Å². The molecule has 1 atom stereocenters. The zero-order valence-corrected chi connectivity index (χ0v) is 17.5. The van der Waals surface area contributed by atoms with Crippen LogP contribution in [0, 0.1) is 11.6 Å². The van der Waals surface area contributed by atoms with Crippen molar-refractivity contribution in [3.63, 3.8) is 0 Å². The zero-order valence-electron chi connectivity index (χ0n) is 17.5. The maximum atomic E-state index is 13.7. The van der Waals surface area contributed by atoms with Crippen LogP contribution >= 0.6 is 0 Å². The first-order chi connectivity index (χ1) is 16.0. The Morgan fingerprint density at radius 2 is 1.82 bits per heavy atom. The molecule has 2 aromatic heterocycles. The molecule has 0 amide bonds.